The van der Waals surface area contributed by atoms with Gasteiger partial charge < -0.3 is 5.43 Å². The summed E-state index contributed by atoms with van der Waals surface area (Å²) in [5.74, 6) is 6.19. The van der Waals surface area contributed by atoms with E-state index in [0.29, 0.717) is 5.92 Å². The number of para-hydroxylation sites is 1. The van der Waals surface area contributed by atoms with Crippen LogP contribution in [0, 0.1) is 6.92 Å². The predicted octanol–water partition coefficient (Wildman–Crippen LogP) is 4.25. The molecule has 20 heavy (non-hydrogen) atoms. The van der Waals surface area contributed by atoms with Gasteiger partial charge in [-0.3, -0.25) is 10.8 Å². The van der Waals surface area contributed by atoms with Crippen LogP contribution in [0.2, 0.25) is 0 Å². The molecule has 3 heteroatoms. The van der Waals surface area contributed by atoms with Crippen molar-refractivity contribution in [2.24, 2.45) is 5.84 Å². The van der Waals surface area contributed by atoms with E-state index in [-0.39, 0.29) is 5.41 Å². The Labute approximate surface area is 121 Å². The number of nitrogens with zero attached hydrogens (tertiary/aromatic N) is 1. The van der Waals surface area contributed by atoms with Crippen LogP contribution >= 0.6 is 0 Å². The number of benzene rings is 1. The number of aryl methyl sites for hydroxylation is 1. The lowest BCUT2D eigenvalue weighted by molar-refractivity contribution is 0.594. The molecule has 0 aliphatic heterocycles. The number of pyridine rings is 1. The first-order valence-electron chi connectivity index (χ1n) is 7.17. The SMILES string of the molecule is Cc1nc2c(C(C)(C)C)cccc2c(NN)c1C(C)C. The average molecular weight is 271 g/mol. The minimum absolute atomic E-state index is 0.0597. The molecule has 2 aromatic rings. The van der Waals surface area contributed by atoms with Crippen molar-refractivity contribution in [1.29, 1.82) is 0 Å². The summed E-state index contributed by atoms with van der Waals surface area (Å²) in [7, 11) is 0. The number of rotatable bonds is 2. The van der Waals surface area contributed by atoms with Crippen molar-refractivity contribution in [3.05, 3.63) is 35.0 Å². The standard InChI is InChI=1S/C17H25N3/c1-10(2)14-11(3)19-15-12(16(14)20-18)8-7-9-13(15)17(4,5)6/h7-10H,18H2,1-6H3,(H,19,20). The summed E-state index contributed by atoms with van der Waals surface area (Å²) in [6, 6.07) is 6.34. The highest BCUT2D eigenvalue weighted by Crippen LogP contribution is 2.37. The molecule has 0 aliphatic carbocycles. The zero-order chi connectivity index (χ0) is 15.1. The Hall–Kier alpha value is -1.61. The molecule has 1 aromatic heterocycles. The molecule has 2 rings (SSSR count). The van der Waals surface area contributed by atoms with E-state index in [9.17, 15) is 0 Å². The van der Waals surface area contributed by atoms with Gasteiger partial charge in [0.1, 0.15) is 0 Å². The Morgan fingerprint density at radius 3 is 2.35 bits per heavy atom. The Morgan fingerprint density at radius 1 is 1.20 bits per heavy atom. The van der Waals surface area contributed by atoms with Crippen LogP contribution in [0.4, 0.5) is 5.69 Å². The topological polar surface area (TPSA) is 50.9 Å². The zero-order valence-corrected chi connectivity index (χ0v) is 13.3. The molecule has 3 N–H and O–H groups in total. The highest BCUT2D eigenvalue weighted by atomic mass is 15.2. The quantitative estimate of drug-likeness (QED) is 0.634. The van der Waals surface area contributed by atoms with Crippen LogP contribution in [0.25, 0.3) is 10.9 Å². The Bertz CT molecular complexity index is 637. The molecule has 1 heterocycles. The Morgan fingerprint density at radius 2 is 1.85 bits per heavy atom. The van der Waals surface area contributed by atoms with Gasteiger partial charge >= 0.3 is 0 Å². The van der Waals surface area contributed by atoms with E-state index in [0.717, 1.165) is 22.3 Å². The number of fused-ring (bicyclic) bond motifs is 1. The summed E-state index contributed by atoms with van der Waals surface area (Å²) in [5.41, 5.74) is 8.53. The third-order valence-corrected chi connectivity index (χ3v) is 3.77. The van der Waals surface area contributed by atoms with E-state index < -0.39 is 0 Å². The van der Waals surface area contributed by atoms with Gasteiger partial charge in [-0.05, 0) is 23.8 Å². The molecule has 0 unspecified atom stereocenters. The van der Waals surface area contributed by atoms with Crippen LogP contribution in [-0.4, -0.2) is 4.98 Å². The summed E-state index contributed by atoms with van der Waals surface area (Å²) < 4.78 is 0. The van der Waals surface area contributed by atoms with Crippen molar-refractivity contribution in [2.45, 2.75) is 52.9 Å². The molecule has 0 aliphatic rings. The maximum absolute atomic E-state index is 5.80. The minimum Gasteiger partial charge on any atom is -0.323 e. The van der Waals surface area contributed by atoms with Crippen LogP contribution in [0.15, 0.2) is 18.2 Å². The number of hydrogen-bond donors (Lipinski definition) is 2. The molecule has 0 amide bonds. The van der Waals surface area contributed by atoms with E-state index >= 15 is 0 Å². The van der Waals surface area contributed by atoms with Gasteiger partial charge in [-0.15, -0.1) is 0 Å². The van der Waals surface area contributed by atoms with E-state index in [1.165, 1.54) is 11.1 Å². The summed E-state index contributed by atoms with van der Waals surface area (Å²) in [6.45, 7) is 13.0. The molecular formula is C17H25N3. The van der Waals surface area contributed by atoms with Gasteiger partial charge in [-0.25, -0.2) is 0 Å². The van der Waals surface area contributed by atoms with Crippen LogP contribution in [0.3, 0.4) is 0 Å². The smallest absolute Gasteiger partial charge is 0.0763 e. The third kappa shape index (κ3) is 2.38. The molecule has 0 saturated heterocycles. The molecule has 0 atom stereocenters. The molecule has 0 fully saturated rings. The monoisotopic (exact) mass is 271 g/mol. The van der Waals surface area contributed by atoms with E-state index in [1.54, 1.807) is 0 Å². The molecule has 0 bridgehead atoms. The predicted molar refractivity (Wildman–Crippen MR) is 87.1 cm³/mol. The van der Waals surface area contributed by atoms with Crippen LogP contribution in [-0.2, 0) is 5.41 Å². The number of hydrogen-bond acceptors (Lipinski definition) is 3. The number of nitrogens with one attached hydrogen (secondary N) is 1. The van der Waals surface area contributed by atoms with Crippen molar-refractivity contribution in [1.82, 2.24) is 4.98 Å². The number of anilines is 1. The van der Waals surface area contributed by atoms with Crippen molar-refractivity contribution < 1.29 is 0 Å². The van der Waals surface area contributed by atoms with Crippen molar-refractivity contribution in [3.63, 3.8) is 0 Å². The normalized spacial score (nSPS) is 12.2. The highest BCUT2D eigenvalue weighted by Gasteiger charge is 2.21. The second-order valence-electron chi connectivity index (χ2n) is 6.74. The summed E-state index contributed by atoms with van der Waals surface area (Å²) in [5, 5.41) is 1.11. The second-order valence-corrected chi connectivity index (χ2v) is 6.74. The number of hydrazine groups is 1. The summed E-state index contributed by atoms with van der Waals surface area (Å²) in [6.07, 6.45) is 0. The van der Waals surface area contributed by atoms with E-state index in [1.807, 2.05) is 0 Å². The van der Waals surface area contributed by atoms with Gasteiger partial charge in [0, 0.05) is 16.6 Å². The molecule has 0 radical (unpaired) electrons. The van der Waals surface area contributed by atoms with Gasteiger partial charge in [-0.2, -0.15) is 0 Å². The minimum atomic E-state index is 0.0597. The van der Waals surface area contributed by atoms with Crippen molar-refractivity contribution >= 4 is 16.6 Å². The van der Waals surface area contributed by atoms with Gasteiger partial charge in [0.05, 0.1) is 11.2 Å². The lowest BCUT2D eigenvalue weighted by Crippen LogP contribution is -2.16. The third-order valence-electron chi connectivity index (χ3n) is 3.77. The Kier molecular flexibility index (Phi) is 3.74. The van der Waals surface area contributed by atoms with E-state index in [4.69, 9.17) is 10.8 Å². The molecule has 3 nitrogen and oxygen atoms in total. The summed E-state index contributed by atoms with van der Waals surface area (Å²) in [4.78, 5) is 4.88. The fourth-order valence-corrected chi connectivity index (χ4v) is 2.89. The average Bonchev–Trinajstić information content (AvgIpc) is 2.34. The zero-order valence-electron chi connectivity index (χ0n) is 13.3. The van der Waals surface area contributed by atoms with Gasteiger partial charge in [0.2, 0.25) is 0 Å². The Balaban J connectivity index is 2.91. The van der Waals surface area contributed by atoms with Gasteiger partial charge in [0.15, 0.2) is 0 Å². The lowest BCUT2D eigenvalue weighted by Gasteiger charge is -2.24. The van der Waals surface area contributed by atoms with Crippen LogP contribution < -0.4 is 11.3 Å². The summed E-state index contributed by atoms with van der Waals surface area (Å²) >= 11 is 0. The van der Waals surface area contributed by atoms with E-state index in [2.05, 4.69) is 65.2 Å². The lowest BCUT2D eigenvalue weighted by atomic mass is 9.84. The number of nitrogen functional groups attached to an aromatic ring is 1. The molecule has 0 saturated carbocycles. The van der Waals surface area contributed by atoms with Gasteiger partial charge in [0.25, 0.3) is 0 Å². The molecule has 0 spiro atoms. The van der Waals surface area contributed by atoms with Gasteiger partial charge in [-0.1, -0.05) is 52.8 Å². The van der Waals surface area contributed by atoms with Crippen molar-refractivity contribution in [2.75, 3.05) is 5.43 Å². The first kappa shape index (κ1) is 14.8. The van der Waals surface area contributed by atoms with Crippen LogP contribution in [0.1, 0.15) is 57.4 Å². The largest absolute Gasteiger partial charge is 0.323 e. The first-order valence-corrected chi connectivity index (χ1v) is 7.17. The van der Waals surface area contributed by atoms with Crippen LogP contribution in [0.5, 0.6) is 0 Å². The number of aromatic nitrogens is 1. The molecular weight excluding hydrogens is 246 g/mol. The number of nitrogens with two attached hydrogens (primary N) is 1. The molecule has 1 aromatic carbocycles. The first-order chi connectivity index (χ1) is 9.27. The maximum Gasteiger partial charge on any atom is 0.0763 e. The fourth-order valence-electron chi connectivity index (χ4n) is 2.89. The fraction of sp³-hybridized carbons (Fsp3) is 0.471. The maximum atomic E-state index is 5.80. The highest BCUT2D eigenvalue weighted by molar-refractivity contribution is 5.95. The van der Waals surface area contributed by atoms with Crippen molar-refractivity contribution in [3.8, 4) is 0 Å². The second kappa shape index (κ2) is 5.06. The molecule has 108 valence electrons.